The third-order valence-electron chi connectivity index (χ3n) is 2.79. The Morgan fingerprint density at radius 1 is 1.29 bits per heavy atom. The predicted octanol–water partition coefficient (Wildman–Crippen LogP) is 2.52. The fourth-order valence-corrected chi connectivity index (χ4v) is 1.49. The molecular formula is C13H20FNO2. The van der Waals surface area contributed by atoms with Crippen molar-refractivity contribution in [2.45, 2.75) is 26.0 Å². The van der Waals surface area contributed by atoms with Crippen LogP contribution < -0.4 is 10.1 Å². The van der Waals surface area contributed by atoms with Crippen LogP contribution in [0.25, 0.3) is 0 Å². The van der Waals surface area contributed by atoms with Crippen molar-refractivity contribution in [2.24, 2.45) is 0 Å². The zero-order chi connectivity index (χ0) is 12.8. The number of halogens is 1. The molecule has 17 heavy (non-hydrogen) atoms. The first-order valence-electron chi connectivity index (χ1n) is 5.68. The molecule has 0 aliphatic carbocycles. The van der Waals surface area contributed by atoms with Crippen molar-refractivity contribution in [1.82, 2.24) is 5.32 Å². The molecule has 0 bridgehead atoms. The van der Waals surface area contributed by atoms with Crippen molar-refractivity contribution in [3.05, 3.63) is 29.6 Å². The minimum atomic E-state index is -0.339. The van der Waals surface area contributed by atoms with Gasteiger partial charge in [0.1, 0.15) is 0 Å². The van der Waals surface area contributed by atoms with Gasteiger partial charge in [-0.1, -0.05) is 6.07 Å². The lowest BCUT2D eigenvalue weighted by Crippen LogP contribution is -2.28. The molecule has 0 aliphatic heterocycles. The van der Waals surface area contributed by atoms with Crippen LogP contribution in [-0.4, -0.2) is 26.9 Å². The van der Waals surface area contributed by atoms with Gasteiger partial charge in [-0.05, 0) is 31.5 Å². The van der Waals surface area contributed by atoms with Crippen molar-refractivity contribution >= 4 is 0 Å². The van der Waals surface area contributed by atoms with E-state index in [0.29, 0.717) is 0 Å². The third-order valence-corrected chi connectivity index (χ3v) is 2.79. The molecule has 0 spiro atoms. The van der Waals surface area contributed by atoms with Crippen LogP contribution in [0.5, 0.6) is 5.75 Å². The van der Waals surface area contributed by atoms with Gasteiger partial charge < -0.3 is 14.8 Å². The van der Waals surface area contributed by atoms with Crippen LogP contribution in [0.3, 0.4) is 0 Å². The van der Waals surface area contributed by atoms with E-state index in [1.54, 1.807) is 19.2 Å². The molecule has 0 heterocycles. The van der Waals surface area contributed by atoms with E-state index in [9.17, 15) is 4.39 Å². The summed E-state index contributed by atoms with van der Waals surface area (Å²) < 4.78 is 23.3. The van der Waals surface area contributed by atoms with Crippen LogP contribution in [0, 0.1) is 5.82 Å². The Hall–Kier alpha value is -1.13. The summed E-state index contributed by atoms with van der Waals surface area (Å²) in [5, 5.41) is 3.32. The molecule has 0 aliphatic rings. The molecule has 2 unspecified atom stereocenters. The first-order chi connectivity index (χ1) is 8.08. The molecule has 4 heteroatoms. The standard InChI is InChI=1S/C13H20FNO2/c1-9(16-3)8-15-10(2)11-5-6-12(14)13(7-11)17-4/h5-7,9-10,15H,8H2,1-4H3. The fourth-order valence-electron chi connectivity index (χ4n) is 1.49. The Labute approximate surface area is 102 Å². The second kappa shape index (κ2) is 6.57. The van der Waals surface area contributed by atoms with Gasteiger partial charge in [0, 0.05) is 19.7 Å². The lowest BCUT2D eigenvalue weighted by Gasteiger charge is -2.18. The van der Waals surface area contributed by atoms with Crippen molar-refractivity contribution in [3.63, 3.8) is 0 Å². The predicted molar refractivity (Wildman–Crippen MR) is 65.8 cm³/mol. The molecule has 2 atom stereocenters. The van der Waals surface area contributed by atoms with E-state index in [4.69, 9.17) is 9.47 Å². The SMILES string of the molecule is COc1cc(C(C)NCC(C)OC)ccc1F. The summed E-state index contributed by atoms with van der Waals surface area (Å²) in [6.07, 6.45) is 0.153. The summed E-state index contributed by atoms with van der Waals surface area (Å²) in [7, 11) is 3.14. The van der Waals surface area contributed by atoms with E-state index in [1.807, 2.05) is 13.8 Å². The normalized spacial score (nSPS) is 14.4. The maximum atomic E-state index is 13.2. The van der Waals surface area contributed by atoms with Gasteiger partial charge >= 0.3 is 0 Å². The van der Waals surface area contributed by atoms with Crippen LogP contribution in [0.15, 0.2) is 18.2 Å². The second-order valence-corrected chi connectivity index (χ2v) is 4.07. The first-order valence-corrected chi connectivity index (χ1v) is 5.68. The van der Waals surface area contributed by atoms with E-state index in [2.05, 4.69) is 5.32 Å². The maximum absolute atomic E-state index is 13.2. The lowest BCUT2D eigenvalue weighted by molar-refractivity contribution is 0.115. The molecule has 0 amide bonds. The van der Waals surface area contributed by atoms with Crippen molar-refractivity contribution in [1.29, 1.82) is 0 Å². The van der Waals surface area contributed by atoms with E-state index in [1.165, 1.54) is 13.2 Å². The molecule has 0 aromatic heterocycles. The smallest absolute Gasteiger partial charge is 0.165 e. The zero-order valence-corrected chi connectivity index (χ0v) is 10.8. The molecule has 1 aromatic carbocycles. The Bertz CT molecular complexity index is 357. The monoisotopic (exact) mass is 241 g/mol. The summed E-state index contributed by atoms with van der Waals surface area (Å²) >= 11 is 0. The maximum Gasteiger partial charge on any atom is 0.165 e. The van der Waals surface area contributed by atoms with Gasteiger partial charge in [-0.2, -0.15) is 0 Å². The quantitative estimate of drug-likeness (QED) is 0.830. The number of rotatable bonds is 6. The van der Waals surface area contributed by atoms with E-state index < -0.39 is 0 Å². The summed E-state index contributed by atoms with van der Waals surface area (Å²) in [5.41, 5.74) is 0.992. The van der Waals surface area contributed by atoms with E-state index >= 15 is 0 Å². The van der Waals surface area contributed by atoms with Gasteiger partial charge in [0.2, 0.25) is 0 Å². The van der Waals surface area contributed by atoms with Gasteiger partial charge in [0.25, 0.3) is 0 Å². The molecule has 1 aromatic rings. The van der Waals surface area contributed by atoms with Gasteiger partial charge in [0.05, 0.1) is 13.2 Å². The topological polar surface area (TPSA) is 30.5 Å². The minimum absolute atomic E-state index is 0.127. The van der Waals surface area contributed by atoms with E-state index in [-0.39, 0.29) is 23.7 Å². The van der Waals surface area contributed by atoms with Crippen LogP contribution >= 0.6 is 0 Å². The van der Waals surface area contributed by atoms with Gasteiger partial charge in [-0.25, -0.2) is 4.39 Å². The number of hydrogen-bond donors (Lipinski definition) is 1. The van der Waals surface area contributed by atoms with Crippen LogP contribution in [0.2, 0.25) is 0 Å². The third kappa shape index (κ3) is 3.98. The number of methoxy groups -OCH3 is 2. The largest absolute Gasteiger partial charge is 0.494 e. The number of hydrogen-bond acceptors (Lipinski definition) is 3. The van der Waals surface area contributed by atoms with Crippen LogP contribution in [0.4, 0.5) is 4.39 Å². The van der Waals surface area contributed by atoms with Gasteiger partial charge in [0.15, 0.2) is 11.6 Å². The summed E-state index contributed by atoms with van der Waals surface area (Å²) in [6.45, 7) is 4.76. The Morgan fingerprint density at radius 3 is 2.59 bits per heavy atom. The second-order valence-electron chi connectivity index (χ2n) is 4.07. The van der Waals surface area contributed by atoms with E-state index in [0.717, 1.165) is 12.1 Å². The lowest BCUT2D eigenvalue weighted by atomic mass is 10.1. The highest BCUT2D eigenvalue weighted by Gasteiger charge is 2.10. The van der Waals surface area contributed by atoms with Crippen LogP contribution in [0.1, 0.15) is 25.5 Å². The molecule has 0 saturated heterocycles. The summed E-state index contributed by atoms with van der Waals surface area (Å²) in [6, 6.07) is 5.02. The van der Waals surface area contributed by atoms with Crippen molar-refractivity contribution in [3.8, 4) is 5.75 Å². The Balaban J connectivity index is 2.65. The molecular weight excluding hydrogens is 221 g/mol. The molecule has 0 saturated carbocycles. The molecule has 0 fully saturated rings. The van der Waals surface area contributed by atoms with Crippen molar-refractivity contribution in [2.75, 3.05) is 20.8 Å². The molecule has 0 radical (unpaired) electrons. The van der Waals surface area contributed by atoms with Crippen molar-refractivity contribution < 1.29 is 13.9 Å². The minimum Gasteiger partial charge on any atom is -0.494 e. The average Bonchev–Trinajstić information content (AvgIpc) is 2.35. The molecule has 1 rings (SSSR count). The summed E-state index contributed by atoms with van der Waals surface area (Å²) in [4.78, 5) is 0. The zero-order valence-electron chi connectivity index (χ0n) is 10.8. The summed E-state index contributed by atoms with van der Waals surface area (Å²) in [5.74, 6) is -0.0651. The average molecular weight is 241 g/mol. The first kappa shape index (κ1) is 13.9. The fraction of sp³-hybridized carbons (Fsp3) is 0.538. The number of benzene rings is 1. The molecule has 96 valence electrons. The number of ether oxygens (including phenoxy) is 2. The highest BCUT2D eigenvalue weighted by atomic mass is 19.1. The Kier molecular flexibility index (Phi) is 5.38. The highest BCUT2D eigenvalue weighted by molar-refractivity contribution is 5.31. The Morgan fingerprint density at radius 2 is 2.00 bits per heavy atom. The number of nitrogens with one attached hydrogen (secondary N) is 1. The van der Waals surface area contributed by atoms with Crippen LogP contribution in [-0.2, 0) is 4.74 Å². The molecule has 1 N–H and O–H groups in total. The van der Waals surface area contributed by atoms with Gasteiger partial charge in [-0.15, -0.1) is 0 Å². The van der Waals surface area contributed by atoms with Gasteiger partial charge in [-0.3, -0.25) is 0 Å². The highest BCUT2D eigenvalue weighted by Crippen LogP contribution is 2.22. The molecule has 3 nitrogen and oxygen atoms in total.